The minimum atomic E-state index is -0.198. The van der Waals surface area contributed by atoms with E-state index in [0.29, 0.717) is 11.3 Å². The Morgan fingerprint density at radius 3 is 2.59 bits per heavy atom. The lowest BCUT2D eigenvalue weighted by atomic mass is 9.90. The number of hydrogen-bond acceptors (Lipinski definition) is 2. The van der Waals surface area contributed by atoms with Crippen molar-refractivity contribution in [2.45, 2.75) is 19.3 Å². The van der Waals surface area contributed by atoms with Crippen LogP contribution in [0, 0.1) is 5.92 Å². The van der Waals surface area contributed by atoms with Crippen LogP contribution < -0.4 is 4.90 Å². The molecule has 3 nitrogen and oxygen atoms in total. The number of carbonyl (C=O) groups excluding carboxylic acids is 2. The highest BCUT2D eigenvalue weighted by Crippen LogP contribution is 2.36. The van der Waals surface area contributed by atoms with Gasteiger partial charge in [-0.1, -0.05) is 24.3 Å². The normalized spacial score (nSPS) is 23.6. The number of para-hydroxylation sites is 1. The van der Waals surface area contributed by atoms with Crippen molar-refractivity contribution in [3.63, 3.8) is 0 Å². The Morgan fingerprint density at radius 2 is 1.88 bits per heavy atom. The Morgan fingerprint density at radius 1 is 1.12 bits per heavy atom. The second-order valence-corrected chi connectivity index (χ2v) is 4.46. The van der Waals surface area contributed by atoms with Crippen molar-refractivity contribution in [3.05, 3.63) is 42.0 Å². The number of hydrogen-bond donors (Lipinski definition) is 0. The molecule has 0 aromatic heterocycles. The third-order valence-electron chi connectivity index (χ3n) is 3.42. The Hall–Kier alpha value is -1.90. The van der Waals surface area contributed by atoms with Crippen LogP contribution in [0.3, 0.4) is 0 Å². The highest BCUT2D eigenvalue weighted by atomic mass is 16.2. The maximum Gasteiger partial charge on any atom is 0.261 e. The molecule has 1 aliphatic heterocycles. The molecule has 0 N–H and O–H groups in total. The summed E-state index contributed by atoms with van der Waals surface area (Å²) < 4.78 is 0. The Balaban J connectivity index is 2.03. The summed E-state index contributed by atoms with van der Waals surface area (Å²) >= 11 is 0. The summed E-state index contributed by atoms with van der Waals surface area (Å²) in [6, 6.07) is 9.15. The predicted molar refractivity (Wildman–Crippen MR) is 64.4 cm³/mol. The second-order valence-electron chi connectivity index (χ2n) is 4.46. The van der Waals surface area contributed by atoms with Crippen LogP contribution >= 0.6 is 0 Å². The molecule has 2 amide bonds. The maximum atomic E-state index is 12.2. The summed E-state index contributed by atoms with van der Waals surface area (Å²) in [5, 5.41) is 0. The lowest BCUT2D eigenvalue weighted by Crippen LogP contribution is -2.30. The van der Waals surface area contributed by atoms with Crippen LogP contribution in [0.1, 0.15) is 19.3 Å². The first-order chi connectivity index (χ1) is 8.29. The van der Waals surface area contributed by atoms with Crippen molar-refractivity contribution in [2.24, 2.45) is 5.92 Å². The van der Waals surface area contributed by atoms with E-state index in [0.717, 1.165) is 19.3 Å². The second kappa shape index (κ2) is 3.84. The number of allylic oxidation sites excluding steroid dienone is 1. The van der Waals surface area contributed by atoms with Gasteiger partial charge in [0.1, 0.15) is 0 Å². The van der Waals surface area contributed by atoms with Gasteiger partial charge in [0.15, 0.2) is 0 Å². The Bertz CT molecular complexity index is 504. The average Bonchev–Trinajstić information content (AvgIpc) is 2.64. The fourth-order valence-corrected chi connectivity index (χ4v) is 2.58. The molecule has 1 aromatic carbocycles. The monoisotopic (exact) mass is 227 g/mol. The summed E-state index contributed by atoms with van der Waals surface area (Å²) in [6.07, 6.45) is 4.64. The molecule has 17 heavy (non-hydrogen) atoms. The number of anilines is 1. The number of nitrogens with zero attached hydrogens (tertiary/aromatic N) is 1. The van der Waals surface area contributed by atoms with E-state index in [1.165, 1.54) is 4.90 Å². The van der Waals surface area contributed by atoms with E-state index in [1.54, 1.807) is 12.1 Å². The molecule has 1 aliphatic carbocycles. The van der Waals surface area contributed by atoms with E-state index < -0.39 is 0 Å². The number of benzene rings is 1. The van der Waals surface area contributed by atoms with Crippen molar-refractivity contribution in [1.29, 1.82) is 0 Å². The van der Waals surface area contributed by atoms with Gasteiger partial charge < -0.3 is 0 Å². The molecule has 1 aromatic rings. The third kappa shape index (κ3) is 1.50. The van der Waals surface area contributed by atoms with Gasteiger partial charge in [-0.05, 0) is 31.4 Å². The average molecular weight is 227 g/mol. The van der Waals surface area contributed by atoms with E-state index in [2.05, 4.69) is 0 Å². The minimum absolute atomic E-state index is 0.0628. The molecule has 1 fully saturated rings. The van der Waals surface area contributed by atoms with E-state index >= 15 is 0 Å². The van der Waals surface area contributed by atoms with Gasteiger partial charge >= 0.3 is 0 Å². The van der Waals surface area contributed by atoms with Gasteiger partial charge in [-0.25, -0.2) is 4.90 Å². The quantitative estimate of drug-likeness (QED) is 0.690. The van der Waals surface area contributed by atoms with E-state index in [1.807, 2.05) is 24.3 Å². The first-order valence-electron chi connectivity index (χ1n) is 5.92. The van der Waals surface area contributed by atoms with Crippen LogP contribution in [0.15, 0.2) is 42.0 Å². The zero-order valence-electron chi connectivity index (χ0n) is 9.43. The molecule has 2 aliphatic rings. The standard InChI is InChI=1S/C14H13NO2/c16-13-11-8-4-5-9-12(11)14(17)15(13)10-6-2-1-3-7-10/h1-3,6-8,12H,4-5,9H2. The van der Waals surface area contributed by atoms with Gasteiger partial charge in [-0.15, -0.1) is 0 Å². The molecule has 0 bridgehead atoms. The van der Waals surface area contributed by atoms with Crippen LogP contribution in [-0.4, -0.2) is 11.8 Å². The largest absolute Gasteiger partial charge is 0.273 e. The van der Waals surface area contributed by atoms with E-state index in [4.69, 9.17) is 0 Å². The zero-order valence-corrected chi connectivity index (χ0v) is 9.43. The Labute approximate surface area is 99.7 Å². The maximum absolute atomic E-state index is 12.2. The van der Waals surface area contributed by atoms with Crippen LogP contribution in [0.25, 0.3) is 0 Å². The highest BCUT2D eigenvalue weighted by molar-refractivity contribution is 6.29. The van der Waals surface area contributed by atoms with Gasteiger partial charge in [-0.2, -0.15) is 0 Å². The number of fused-ring (bicyclic) bond motifs is 1. The van der Waals surface area contributed by atoms with Crippen LogP contribution in [-0.2, 0) is 9.59 Å². The molecule has 3 rings (SSSR count). The fourth-order valence-electron chi connectivity index (χ4n) is 2.58. The molecule has 3 heteroatoms. The van der Waals surface area contributed by atoms with Crippen molar-refractivity contribution >= 4 is 17.5 Å². The smallest absolute Gasteiger partial charge is 0.261 e. The zero-order chi connectivity index (χ0) is 11.8. The number of rotatable bonds is 1. The topological polar surface area (TPSA) is 37.4 Å². The highest BCUT2D eigenvalue weighted by Gasteiger charge is 2.44. The summed E-state index contributed by atoms with van der Waals surface area (Å²) in [5.41, 5.74) is 1.38. The van der Waals surface area contributed by atoms with Gasteiger partial charge in [0.2, 0.25) is 5.91 Å². The van der Waals surface area contributed by atoms with Crippen LogP contribution in [0.4, 0.5) is 5.69 Å². The minimum Gasteiger partial charge on any atom is -0.273 e. The number of imide groups is 1. The third-order valence-corrected chi connectivity index (χ3v) is 3.42. The van der Waals surface area contributed by atoms with Gasteiger partial charge in [-0.3, -0.25) is 9.59 Å². The summed E-state index contributed by atoms with van der Waals surface area (Å²) in [5.74, 6) is -0.394. The summed E-state index contributed by atoms with van der Waals surface area (Å²) in [7, 11) is 0. The lowest BCUT2D eigenvalue weighted by Gasteiger charge is -2.14. The Kier molecular flexibility index (Phi) is 2.32. The van der Waals surface area contributed by atoms with Gasteiger partial charge in [0.25, 0.3) is 5.91 Å². The van der Waals surface area contributed by atoms with E-state index in [9.17, 15) is 9.59 Å². The van der Waals surface area contributed by atoms with Gasteiger partial charge in [0, 0.05) is 5.57 Å². The van der Waals surface area contributed by atoms with Gasteiger partial charge in [0.05, 0.1) is 11.6 Å². The molecule has 0 spiro atoms. The van der Waals surface area contributed by atoms with Crippen LogP contribution in [0.5, 0.6) is 0 Å². The van der Waals surface area contributed by atoms with Crippen LogP contribution in [0.2, 0.25) is 0 Å². The van der Waals surface area contributed by atoms with Crippen molar-refractivity contribution in [2.75, 3.05) is 4.90 Å². The SMILES string of the molecule is O=C1C2=CCCCC2C(=O)N1c1ccccc1. The van der Waals surface area contributed by atoms with E-state index in [-0.39, 0.29) is 17.7 Å². The molecular formula is C14H13NO2. The molecule has 1 saturated heterocycles. The fraction of sp³-hybridized carbons (Fsp3) is 0.286. The first-order valence-corrected chi connectivity index (χ1v) is 5.92. The number of amides is 2. The molecular weight excluding hydrogens is 214 g/mol. The predicted octanol–water partition coefficient (Wildman–Crippen LogP) is 2.29. The molecule has 1 unspecified atom stereocenters. The molecule has 0 radical (unpaired) electrons. The summed E-state index contributed by atoms with van der Waals surface area (Å²) in [6.45, 7) is 0. The first kappa shape index (κ1) is 10.3. The van der Waals surface area contributed by atoms with Crippen molar-refractivity contribution in [3.8, 4) is 0 Å². The lowest BCUT2D eigenvalue weighted by molar-refractivity contribution is -0.122. The molecule has 1 heterocycles. The van der Waals surface area contributed by atoms with Crippen molar-refractivity contribution in [1.82, 2.24) is 0 Å². The summed E-state index contributed by atoms with van der Waals surface area (Å²) in [4.78, 5) is 25.7. The van der Waals surface area contributed by atoms with Crippen molar-refractivity contribution < 1.29 is 9.59 Å². The molecule has 0 saturated carbocycles. The molecule has 1 atom stereocenters. The number of carbonyl (C=O) groups is 2. The molecule has 86 valence electrons.